The molecule has 1 unspecified atom stereocenters. The van der Waals surface area contributed by atoms with E-state index in [1.54, 1.807) is 0 Å². The maximum Gasteiger partial charge on any atom is 0.246 e. The third kappa shape index (κ3) is 2.67. The fourth-order valence-electron chi connectivity index (χ4n) is 2.95. The average Bonchev–Trinajstić information content (AvgIpc) is 3.13. The Morgan fingerprint density at radius 2 is 2.11 bits per heavy atom. The second-order valence-corrected chi connectivity index (χ2v) is 5.89. The van der Waals surface area contributed by atoms with Crippen LogP contribution in [0.4, 0.5) is 0 Å². The largest absolute Gasteiger partial charge is 0.370 e. The van der Waals surface area contributed by atoms with Crippen molar-refractivity contribution in [1.82, 2.24) is 10.1 Å². The molecule has 0 amide bonds. The summed E-state index contributed by atoms with van der Waals surface area (Å²) in [5.74, 6) is 1.85. The van der Waals surface area contributed by atoms with Gasteiger partial charge in [-0.2, -0.15) is 4.98 Å². The summed E-state index contributed by atoms with van der Waals surface area (Å²) in [4.78, 5) is 4.56. The van der Waals surface area contributed by atoms with E-state index >= 15 is 0 Å². The van der Waals surface area contributed by atoms with Gasteiger partial charge in [0.25, 0.3) is 0 Å². The molecule has 1 aromatic heterocycles. The second kappa shape index (κ2) is 5.21. The number of hydrogen-bond acceptors (Lipinski definition) is 5. The van der Waals surface area contributed by atoms with Crippen molar-refractivity contribution in [2.75, 3.05) is 6.61 Å². The Hall–Kier alpha value is -0.940. The molecule has 0 spiro atoms. The van der Waals surface area contributed by atoms with Crippen LogP contribution in [0, 0.1) is 5.92 Å². The van der Waals surface area contributed by atoms with Crippen LogP contribution in [0.15, 0.2) is 4.52 Å². The Bertz CT molecular complexity index is 422. The number of aromatic nitrogens is 2. The van der Waals surface area contributed by atoms with Gasteiger partial charge in [0, 0.05) is 6.61 Å². The van der Waals surface area contributed by atoms with Crippen molar-refractivity contribution in [1.29, 1.82) is 0 Å². The first-order valence-electron chi connectivity index (χ1n) is 7.47. The number of ether oxygens (including phenoxy) is 1. The molecule has 5 nitrogen and oxygen atoms in total. The minimum Gasteiger partial charge on any atom is -0.370 e. The summed E-state index contributed by atoms with van der Waals surface area (Å²) in [7, 11) is 0. The fraction of sp³-hybridized carbons (Fsp3) is 0.857. The first kappa shape index (κ1) is 13.1. The molecule has 2 aliphatic carbocycles. The maximum absolute atomic E-state index is 6.42. The quantitative estimate of drug-likeness (QED) is 0.886. The Morgan fingerprint density at radius 3 is 2.74 bits per heavy atom. The Kier molecular flexibility index (Phi) is 3.58. The smallest absolute Gasteiger partial charge is 0.246 e. The van der Waals surface area contributed by atoms with Crippen LogP contribution in [-0.2, 0) is 10.3 Å². The van der Waals surface area contributed by atoms with Gasteiger partial charge in [0.15, 0.2) is 0 Å². The lowest BCUT2D eigenvalue weighted by Gasteiger charge is -2.29. The summed E-state index contributed by atoms with van der Waals surface area (Å²) in [6.45, 7) is 2.68. The zero-order valence-electron chi connectivity index (χ0n) is 11.6. The first-order valence-corrected chi connectivity index (χ1v) is 7.47. The van der Waals surface area contributed by atoms with E-state index < -0.39 is 5.54 Å². The minimum absolute atomic E-state index is 0.00492. The molecule has 0 aliphatic heterocycles. The third-order valence-electron chi connectivity index (χ3n) is 4.26. The molecule has 3 rings (SSSR count). The topological polar surface area (TPSA) is 74.2 Å². The van der Waals surface area contributed by atoms with E-state index in [2.05, 4.69) is 10.1 Å². The summed E-state index contributed by atoms with van der Waals surface area (Å²) in [6.07, 6.45) is 7.81. The van der Waals surface area contributed by atoms with Crippen molar-refractivity contribution in [3.8, 4) is 0 Å². The van der Waals surface area contributed by atoms with E-state index in [9.17, 15) is 0 Å². The zero-order chi connectivity index (χ0) is 13.3. The third-order valence-corrected chi connectivity index (χ3v) is 4.26. The monoisotopic (exact) mass is 265 g/mol. The highest BCUT2D eigenvalue weighted by Gasteiger charge is 2.39. The lowest BCUT2D eigenvalue weighted by Crippen LogP contribution is -2.39. The molecule has 1 aromatic rings. The number of rotatable bonds is 5. The molecule has 106 valence electrons. The van der Waals surface area contributed by atoms with E-state index in [-0.39, 0.29) is 6.10 Å². The fourth-order valence-corrected chi connectivity index (χ4v) is 2.95. The van der Waals surface area contributed by atoms with Crippen LogP contribution in [0.1, 0.15) is 69.7 Å². The van der Waals surface area contributed by atoms with Crippen LogP contribution in [0.2, 0.25) is 0 Å². The molecule has 2 saturated carbocycles. The molecule has 2 fully saturated rings. The van der Waals surface area contributed by atoms with E-state index in [4.69, 9.17) is 15.0 Å². The van der Waals surface area contributed by atoms with Crippen LogP contribution < -0.4 is 5.73 Å². The van der Waals surface area contributed by atoms with Crippen molar-refractivity contribution >= 4 is 0 Å². The number of nitrogens with zero attached hydrogens (tertiary/aromatic N) is 2. The van der Waals surface area contributed by atoms with Gasteiger partial charge in [-0.15, -0.1) is 0 Å². The molecule has 2 aliphatic rings. The van der Waals surface area contributed by atoms with E-state index in [0.717, 1.165) is 25.7 Å². The second-order valence-electron chi connectivity index (χ2n) is 5.89. The molecule has 0 aromatic carbocycles. The molecule has 5 heteroatoms. The standard InChI is InChI=1S/C14H23N3O2/c1-2-18-11(10-6-7-10)12-16-13(19-17-12)14(15)8-4-3-5-9-14/h10-11H,2-9,15H2,1H3. The molecule has 1 heterocycles. The van der Waals surface area contributed by atoms with E-state index in [1.807, 2.05) is 6.92 Å². The molecule has 2 N–H and O–H groups in total. The van der Waals surface area contributed by atoms with Crippen molar-refractivity contribution in [2.45, 2.75) is 63.5 Å². The number of nitrogens with two attached hydrogens (primary N) is 1. The molecule has 0 bridgehead atoms. The zero-order valence-corrected chi connectivity index (χ0v) is 11.6. The van der Waals surface area contributed by atoms with Gasteiger partial charge in [0.1, 0.15) is 6.10 Å². The summed E-state index contributed by atoms with van der Waals surface area (Å²) in [5.41, 5.74) is 6.01. The van der Waals surface area contributed by atoms with Crippen LogP contribution in [-0.4, -0.2) is 16.7 Å². The van der Waals surface area contributed by atoms with Crippen LogP contribution in [0.5, 0.6) is 0 Å². The normalized spacial score (nSPS) is 24.3. The first-order chi connectivity index (χ1) is 9.23. The number of hydrogen-bond donors (Lipinski definition) is 1. The van der Waals surface area contributed by atoms with Crippen molar-refractivity contribution in [3.63, 3.8) is 0 Å². The van der Waals surface area contributed by atoms with Gasteiger partial charge in [-0.05, 0) is 38.5 Å². The minimum atomic E-state index is -0.413. The van der Waals surface area contributed by atoms with Gasteiger partial charge >= 0.3 is 0 Å². The van der Waals surface area contributed by atoms with Crippen molar-refractivity contribution in [2.24, 2.45) is 11.7 Å². The summed E-state index contributed by atoms with van der Waals surface area (Å²) >= 11 is 0. The molecule has 1 atom stereocenters. The lowest BCUT2D eigenvalue weighted by atomic mass is 9.82. The predicted octanol–water partition coefficient (Wildman–Crippen LogP) is 2.68. The van der Waals surface area contributed by atoms with E-state index in [1.165, 1.54) is 19.3 Å². The SMILES string of the molecule is CCOC(c1noc(C2(N)CCCCC2)n1)C1CC1. The molecule has 0 saturated heterocycles. The predicted molar refractivity (Wildman–Crippen MR) is 70.3 cm³/mol. The van der Waals surface area contributed by atoms with Crippen LogP contribution in [0.3, 0.4) is 0 Å². The van der Waals surface area contributed by atoms with Crippen LogP contribution in [0.25, 0.3) is 0 Å². The van der Waals surface area contributed by atoms with E-state index in [0.29, 0.717) is 24.2 Å². The van der Waals surface area contributed by atoms with Gasteiger partial charge in [-0.3, -0.25) is 0 Å². The van der Waals surface area contributed by atoms with Crippen molar-refractivity contribution < 1.29 is 9.26 Å². The van der Waals surface area contributed by atoms with Gasteiger partial charge in [0.05, 0.1) is 5.54 Å². The highest BCUT2D eigenvalue weighted by molar-refractivity contribution is 5.06. The van der Waals surface area contributed by atoms with Gasteiger partial charge < -0.3 is 15.0 Å². The van der Waals surface area contributed by atoms with Gasteiger partial charge in [-0.1, -0.05) is 24.4 Å². The Balaban J connectivity index is 1.77. The summed E-state index contributed by atoms with van der Waals surface area (Å²) in [5, 5.41) is 4.13. The van der Waals surface area contributed by atoms with Crippen molar-refractivity contribution in [3.05, 3.63) is 11.7 Å². The highest BCUT2D eigenvalue weighted by atomic mass is 16.5. The Morgan fingerprint density at radius 1 is 1.37 bits per heavy atom. The Labute approximate surface area is 113 Å². The van der Waals surface area contributed by atoms with Gasteiger partial charge in [0.2, 0.25) is 11.7 Å². The maximum atomic E-state index is 6.42. The summed E-state index contributed by atoms with van der Waals surface area (Å²) < 4.78 is 11.2. The molecular weight excluding hydrogens is 242 g/mol. The van der Waals surface area contributed by atoms with Crippen LogP contribution >= 0.6 is 0 Å². The summed E-state index contributed by atoms with van der Waals surface area (Å²) in [6, 6.07) is 0. The molecular formula is C14H23N3O2. The molecule has 19 heavy (non-hydrogen) atoms. The van der Waals surface area contributed by atoms with Gasteiger partial charge in [-0.25, -0.2) is 0 Å². The lowest BCUT2D eigenvalue weighted by molar-refractivity contribution is 0.0384. The molecule has 0 radical (unpaired) electrons. The average molecular weight is 265 g/mol. The highest BCUT2D eigenvalue weighted by Crippen LogP contribution is 2.43.